The van der Waals surface area contributed by atoms with Crippen LogP contribution in [0.4, 0.5) is 0 Å². The van der Waals surface area contributed by atoms with Crippen molar-refractivity contribution < 1.29 is 9.84 Å². The minimum atomic E-state index is 0.0834. The van der Waals surface area contributed by atoms with Crippen LogP contribution < -0.4 is 4.74 Å². The summed E-state index contributed by atoms with van der Waals surface area (Å²) in [4.78, 5) is 0. The Kier molecular flexibility index (Phi) is 2.84. The standard InChI is InChI=1S/C14H16O2/c1-9-6-12-7-11(8-15)4-5-13(12)10(2)14(9)16-3/h4-7,15H,8H2,1-3H3. The monoisotopic (exact) mass is 216 g/mol. The summed E-state index contributed by atoms with van der Waals surface area (Å²) >= 11 is 0. The number of hydrogen-bond acceptors (Lipinski definition) is 2. The molecule has 0 radical (unpaired) electrons. The maximum atomic E-state index is 9.11. The molecular formula is C14H16O2. The zero-order valence-corrected chi connectivity index (χ0v) is 9.87. The first-order valence-electron chi connectivity index (χ1n) is 5.35. The second kappa shape index (κ2) is 4.14. The Morgan fingerprint density at radius 3 is 2.56 bits per heavy atom. The molecule has 84 valence electrons. The van der Waals surface area contributed by atoms with E-state index in [1.807, 2.05) is 25.1 Å². The fourth-order valence-corrected chi connectivity index (χ4v) is 2.20. The first kappa shape index (κ1) is 11.0. The Hall–Kier alpha value is -1.54. The van der Waals surface area contributed by atoms with Crippen LogP contribution in [0, 0.1) is 13.8 Å². The number of methoxy groups -OCH3 is 1. The molecule has 0 bridgehead atoms. The average Bonchev–Trinajstić information content (AvgIpc) is 2.28. The van der Waals surface area contributed by atoms with Gasteiger partial charge >= 0.3 is 0 Å². The molecule has 0 fully saturated rings. The summed E-state index contributed by atoms with van der Waals surface area (Å²) < 4.78 is 5.39. The average molecular weight is 216 g/mol. The van der Waals surface area contributed by atoms with E-state index in [4.69, 9.17) is 9.84 Å². The van der Waals surface area contributed by atoms with Gasteiger partial charge in [0.1, 0.15) is 5.75 Å². The zero-order valence-electron chi connectivity index (χ0n) is 9.87. The Bertz CT molecular complexity index is 530. The first-order chi connectivity index (χ1) is 7.67. The van der Waals surface area contributed by atoms with Crippen molar-refractivity contribution in [2.75, 3.05) is 7.11 Å². The van der Waals surface area contributed by atoms with Gasteiger partial charge in [-0.2, -0.15) is 0 Å². The van der Waals surface area contributed by atoms with Gasteiger partial charge in [0.15, 0.2) is 0 Å². The van der Waals surface area contributed by atoms with Gasteiger partial charge in [0.25, 0.3) is 0 Å². The van der Waals surface area contributed by atoms with Crippen molar-refractivity contribution >= 4 is 10.8 Å². The molecule has 0 atom stereocenters. The van der Waals surface area contributed by atoms with E-state index in [0.717, 1.165) is 27.8 Å². The Labute approximate surface area is 95.5 Å². The Balaban J connectivity index is 2.76. The first-order valence-corrected chi connectivity index (χ1v) is 5.35. The van der Waals surface area contributed by atoms with Crippen LogP contribution >= 0.6 is 0 Å². The molecule has 0 aliphatic rings. The summed E-state index contributed by atoms with van der Waals surface area (Å²) in [6.07, 6.45) is 0. The van der Waals surface area contributed by atoms with Gasteiger partial charge in [0.2, 0.25) is 0 Å². The summed E-state index contributed by atoms with van der Waals surface area (Å²) in [7, 11) is 1.70. The third-order valence-electron chi connectivity index (χ3n) is 2.98. The molecule has 2 rings (SSSR count). The third-order valence-corrected chi connectivity index (χ3v) is 2.98. The second-order valence-electron chi connectivity index (χ2n) is 4.07. The van der Waals surface area contributed by atoms with Crippen molar-refractivity contribution in [3.05, 3.63) is 41.0 Å². The maximum Gasteiger partial charge on any atom is 0.125 e. The van der Waals surface area contributed by atoms with E-state index in [9.17, 15) is 0 Å². The maximum absolute atomic E-state index is 9.11. The lowest BCUT2D eigenvalue weighted by atomic mass is 9.99. The molecule has 1 N–H and O–H groups in total. The summed E-state index contributed by atoms with van der Waals surface area (Å²) in [5.74, 6) is 0.948. The van der Waals surface area contributed by atoms with E-state index >= 15 is 0 Å². The molecule has 0 spiro atoms. The summed E-state index contributed by atoms with van der Waals surface area (Å²) in [5, 5.41) is 11.4. The molecule has 0 saturated heterocycles. The summed E-state index contributed by atoms with van der Waals surface area (Å²) in [6, 6.07) is 8.11. The number of rotatable bonds is 2. The van der Waals surface area contributed by atoms with Gasteiger partial charge < -0.3 is 9.84 Å². The van der Waals surface area contributed by atoms with Crippen molar-refractivity contribution in [2.45, 2.75) is 20.5 Å². The minimum absolute atomic E-state index is 0.0834. The summed E-state index contributed by atoms with van der Waals surface area (Å²) in [5.41, 5.74) is 3.22. The van der Waals surface area contributed by atoms with E-state index in [2.05, 4.69) is 13.0 Å². The van der Waals surface area contributed by atoms with Gasteiger partial charge in [0.05, 0.1) is 13.7 Å². The van der Waals surface area contributed by atoms with Crippen molar-refractivity contribution in [1.82, 2.24) is 0 Å². The van der Waals surface area contributed by atoms with Crippen LogP contribution in [0.1, 0.15) is 16.7 Å². The number of aliphatic hydroxyl groups excluding tert-OH is 1. The number of aryl methyl sites for hydroxylation is 2. The molecule has 0 unspecified atom stereocenters. The van der Waals surface area contributed by atoms with Crippen LogP contribution in [0.5, 0.6) is 5.75 Å². The normalized spacial score (nSPS) is 10.8. The van der Waals surface area contributed by atoms with Gasteiger partial charge in [0, 0.05) is 0 Å². The van der Waals surface area contributed by atoms with Crippen LogP contribution in [0.2, 0.25) is 0 Å². The number of aliphatic hydroxyl groups is 1. The van der Waals surface area contributed by atoms with E-state index in [1.54, 1.807) is 7.11 Å². The number of ether oxygens (including phenoxy) is 1. The van der Waals surface area contributed by atoms with Gasteiger partial charge in [-0.15, -0.1) is 0 Å². The molecule has 0 aliphatic heterocycles. The number of hydrogen-bond donors (Lipinski definition) is 1. The zero-order chi connectivity index (χ0) is 11.7. The lowest BCUT2D eigenvalue weighted by Gasteiger charge is -2.12. The highest BCUT2D eigenvalue weighted by Gasteiger charge is 2.08. The second-order valence-corrected chi connectivity index (χ2v) is 4.07. The minimum Gasteiger partial charge on any atom is -0.496 e. The lowest BCUT2D eigenvalue weighted by molar-refractivity contribution is 0.282. The van der Waals surface area contributed by atoms with Crippen molar-refractivity contribution in [2.24, 2.45) is 0 Å². The molecule has 0 amide bonds. The predicted molar refractivity (Wildman–Crippen MR) is 65.9 cm³/mol. The van der Waals surface area contributed by atoms with Gasteiger partial charge in [-0.25, -0.2) is 0 Å². The van der Waals surface area contributed by atoms with E-state index < -0.39 is 0 Å². The smallest absolute Gasteiger partial charge is 0.125 e. The van der Waals surface area contributed by atoms with E-state index in [1.165, 1.54) is 5.39 Å². The summed E-state index contributed by atoms with van der Waals surface area (Å²) in [6.45, 7) is 4.18. The van der Waals surface area contributed by atoms with Crippen LogP contribution in [0.3, 0.4) is 0 Å². The molecule has 0 heterocycles. The highest BCUT2D eigenvalue weighted by Crippen LogP contribution is 2.31. The van der Waals surface area contributed by atoms with Crippen LogP contribution in [0.15, 0.2) is 24.3 Å². The van der Waals surface area contributed by atoms with E-state index in [0.29, 0.717) is 0 Å². The highest BCUT2D eigenvalue weighted by molar-refractivity contribution is 5.89. The topological polar surface area (TPSA) is 29.5 Å². The molecule has 2 aromatic carbocycles. The molecule has 2 nitrogen and oxygen atoms in total. The Morgan fingerprint density at radius 1 is 1.19 bits per heavy atom. The number of fused-ring (bicyclic) bond motifs is 1. The van der Waals surface area contributed by atoms with Crippen LogP contribution in [-0.4, -0.2) is 12.2 Å². The lowest BCUT2D eigenvalue weighted by Crippen LogP contribution is -1.93. The molecule has 0 aliphatic carbocycles. The van der Waals surface area contributed by atoms with E-state index in [-0.39, 0.29) is 6.61 Å². The Morgan fingerprint density at radius 2 is 1.94 bits per heavy atom. The largest absolute Gasteiger partial charge is 0.496 e. The molecule has 0 aromatic heterocycles. The fraction of sp³-hybridized carbons (Fsp3) is 0.286. The molecular weight excluding hydrogens is 200 g/mol. The fourth-order valence-electron chi connectivity index (χ4n) is 2.20. The van der Waals surface area contributed by atoms with Crippen molar-refractivity contribution in [1.29, 1.82) is 0 Å². The number of benzene rings is 2. The van der Waals surface area contributed by atoms with Gasteiger partial charge in [-0.1, -0.05) is 12.1 Å². The van der Waals surface area contributed by atoms with Crippen molar-refractivity contribution in [3.63, 3.8) is 0 Å². The molecule has 2 heteroatoms. The third kappa shape index (κ3) is 1.65. The van der Waals surface area contributed by atoms with Crippen molar-refractivity contribution in [3.8, 4) is 5.75 Å². The molecule has 0 saturated carbocycles. The van der Waals surface area contributed by atoms with Crippen LogP contribution in [0.25, 0.3) is 10.8 Å². The molecule has 16 heavy (non-hydrogen) atoms. The van der Waals surface area contributed by atoms with Crippen LogP contribution in [-0.2, 0) is 6.61 Å². The predicted octanol–water partition coefficient (Wildman–Crippen LogP) is 2.96. The molecule has 2 aromatic rings. The van der Waals surface area contributed by atoms with Gasteiger partial charge in [-0.3, -0.25) is 0 Å². The quantitative estimate of drug-likeness (QED) is 0.836. The highest BCUT2D eigenvalue weighted by atomic mass is 16.5. The SMILES string of the molecule is COc1c(C)cc2cc(CO)ccc2c1C. The van der Waals surface area contributed by atoms with Gasteiger partial charge in [-0.05, 0) is 53.4 Å².